The van der Waals surface area contributed by atoms with Crippen LogP contribution in [0.1, 0.15) is 49.3 Å². The van der Waals surface area contributed by atoms with Gasteiger partial charge in [0, 0.05) is 23.4 Å². The van der Waals surface area contributed by atoms with Crippen LogP contribution in [0.15, 0.2) is 91.3 Å². The maximum atomic E-state index is 13.0. The van der Waals surface area contributed by atoms with E-state index in [0.717, 1.165) is 41.2 Å². The summed E-state index contributed by atoms with van der Waals surface area (Å²) in [5.41, 5.74) is 12.7. The lowest BCUT2D eigenvalue weighted by Gasteiger charge is -2.27. The van der Waals surface area contributed by atoms with E-state index < -0.39 is 0 Å². The standard InChI is InChI=1S/C33H35N5O2/c1-22(2)25-9-6-10-26(18-25)33(15-16-33)38-20-30(40-32(38)39)28(34)17-23-11-13-27(14-12-23)37-31-19-29(35-21-36-31)24-7-4-3-5-8-24/h3-14,18-19,21-22,28,30H,15-17,20,34H2,1-2H3,(H,35,36,37)/t28-,30?/m0/s1. The maximum Gasteiger partial charge on any atom is 0.411 e. The fourth-order valence-corrected chi connectivity index (χ4v) is 5.55. The van der Waals surface area contributed by atoms with Crippen molar-refractivity contribution >= 4 is 17.6 Å². The minimum absolute atomic E-state index is 0.257. The number of aromatic nitrogens is 2. The number of anilines is 2. The molecule has 3 aromatic carbocycles. The van der Waals surface area contributed by atoms with Gasteiger partial charge in [-0.3, -0.25) is 4.90 Å². The molecule has 0 bridgehead atoms. The number of hydrogen-bond donors (Lipinski definition) is 2. The molecule has 1 aliphatic heterocycles. The molecule has 2 aliphatic rings. The van der Waals surface area contributed by atoms with Crippen LogP contribution in [-0.2, 0) is 16.7 Å². The average molecular weight is 534 g/mol. The van der Waals surface area contributed by atoms with E-state index in [1.54, 1.807) is 6.33 Å². The zero-order valence-corrected chi connectivity index (χ0v) is 23.0. The summed E-state index contributed by atoms with van der Waals surface area (Å²) in [6.45, 7) is 4.90. The van der Waals surface area contributed by atoms with Gasteiger partial charge in [0.15, 0.2) is 0 Å². The summed E-state index contributed by atoms with van der Waals surface area (Å²) < 4.78 is 5.82. The molecule has 7 heteroatoms. The molecule has 40 heavy (non-hydrogen) atoms. The van der Waals surface area contributed by atoms with E-state index in [0.29, 0.717) is 18.9 Å². The number of nitrogens with two attached hydrogens (primary N) is 1. The molecule has 4 aromatic rings. The summed E-state index contributed by atoms with van der Waals surface area (Å²) in [6, 6.07) is 28.4. The summed E-state index contributed by atoms with van der Waals surface area (Å²) in [7, 11) is 0. The Morgan fingerprint density at radius 2 is 1.77 bits per heavy atom. The van der Waals surface area contributed by atoms with Gasteiger partial charge in [0.05, 0.1) is 17.8 Å². The monoisotopic (exact) mass is 533 g/mol. The summed E-state index contributed by atoms with van der Waals surface area (Å²) in [5, 5.41) is 3.35. The number of benzene rings is 3. The Morgan fingerprint density at radius 1 is 1.00 bits per heavy atom. The van der Waals surface area contributed by atoms with Gasteiger partial charge in [-0.15, -0.1) is 0 Å². The first-order valence-corrected chi connectivity index (χ1v) is 14.0. The van der Waals surface area contributed by atoms with Gasteiger partial charge < -0.3 is 15.8 Å². The van der Waals surface area contributed by atoms with Crippen LogP contribution in [0.25, 0.3) is 11.3 Å². The molecule has 1 saturated carbocycles. The SMILES string of the molecule is CC(C)c1cccc(C2(N3CC([C@@H](N)Cc4ccc(Nc5cc(-c6ccccc6)ncn5)cc4)OC3=O)CC2)c1. The van der Waals surface area contributed by atoms with Gasteiger partial charge in [0.1, 0.15) is 18.2 Å². The quantitative estimate of drug-likeness (QED) is 0.259. The van der Waals surface area contributed by atoms with Crippen molar-refractivity contribution in [2.45, 2.75) is 56.7 Å². The van der Waals surface area contributed by atoms with Crippen molar-refractivity contribution in [3.05, 3.63) is 108 Å². The second-order valence-corrected chi connectivity index (χ2v) is 11.2. The van der Waals surface area contributed by atoms with Crippen LogP contribution < -0.4 is 11.1 Å². The van der Waals surface area contributed by atoms with Gasteiger partial charge in [-0.1, -0.05) is 80.6 Å². The second kappa shape index (κ2) is 10.7. The second-order valence-electron chi connectivity index (χ2n) is 11.2. The van der Waals surface area contributed by atoms with Gasteiger partial charge in [0.2, 0.25) is 0 Å². The molecule has 204 valence electrons. The Hall–Kier alpha value is -4.23. The molecule has 0 spiro atoms. The Bertz CT molecular complexity index is 1480. The minimum atomic E-state index is -0.339. The molecule has 1 saturated heterocycles. The molecule has 1 aliphatic carbocycles. The van der Waals surface area contributed by atoms with Gasteiger partial charge in [0.25, 0.3) is 0 Å². The lowest BCUT2D eigenvalue weighted by Crippen LogP contribution is -2.41. The highest BCUT2D eigenvalue weighted by molar-refractivity contribution is 5.72. The molecule has 2 fully saturated rings. The first-order valence-electron chi connectivity index (χ1n) is 14.0. The van der Waals surface area contributed by atoms with Crippen molar-refractivity contribution < 1.29 is 9.53 Å². The van der Waals surface area contributed by atoms with E-state index in [-0.39, 0.29) is 23.8 Å². The molecule has 7 nitrogen and oxygen atoms in total. The van der Waals surface area contributed by atoms with E-state index in [4.69, 9.17) is 10.5 Å². The highest BCUT2D eigenvalue weighted by atomic mass is 16.6. The van der Waals surface area contributed by atoms with Crippen LogP contribution >= 0.6 is 0 Å². The van der Waals surface area contributed by atoms with Crippen molar-refractivity contribution in [2.75, 3.05) is 11.9 Å². The van der Waals surface area contributed by atoms with Crippen molar-refractivity contribution in [1.29, 1.82) is 0 Å². The number of carbonyl (C=O) groups excluding carboxylic acids is 1. The lowest BCUT2D eigenvalue weighted by molar-refractivity contribution is 0.116. The van der Waals surface area contributed by atoms with Crippen LogP contribution in [0.2, 0.25) is 0 Å². The Morgan fingerprint density at radius 3 is 2.50 bits per heavy atom. The average Bonchev–Trinajstić information content (AvgIpc) is 3.69. The highest BCUT2D eigenvalue weighted by Gasteiger charge is 2.55. The fourth-order valence-electron chi connectivity index (χ4n) is 5.55. The number of cyclic esters (lactones) is 1. The Labute approximate surface area is 235 Å². The maximum absolute atomic E-state index is 13.0. The summed E-state index contributed by atoms with van der Waals surface area (Å²) in [4.78, 5) is 23.6. The summed E-state index contributed by atoms with van der Waals surface area (Å²) in [5.74, 6) is 1.17. The van der Waals surface area contributed by atoms with Crippen molar-refractivity contribution in [1.82, 2.24) is 14.9 Å². The first kappa shape index (κ1) is 26.0. The molecule has 6 rings (SSSR count). The Kier molecular flexibility index (Phi) is 6.98. The molecular weight excluding hydrogens is 498 g/mol. The predicted octanol–water partition coefficient (Wildman–Crippen LogP) is 6.39. The number of rotatable bonds is 9. The molecule has 2 atom stereocenters. The van der Waals surface area contributed by atoms with E-state index in [9.17, 15) is 4.79 Å². The molecule has 1 amide bonds. The van der Waals surface area contributed by atoms with Crippen LogP contribution in [0, 0.1) is 0 Å². The Balaban J connectivity index is 1.08. The van der Waals surface area contributed by atoms with Crippen molar-refractivity contribution in [3.8, 4) is 11.3 Å². The number of nitrogens with zero attached hydrogens (tertiary/aromatic N) is 3. The highest BCUT2D eigenvalue weighted by Crippen LogP contribution is 2.53. The molecule has 0 radical (unpaired) electrons. The third-order valence-electron chi connectivity index (χ3n) is 8.08. The number of carbonyl (C=O) groups is 1. The minimum Gasteiger partial charge on any atom is -0.443 e. The number of nitrogens with one attached hydrogen (secondary N) is 1. The van der Waals surface area contributed by atoms with Crippen LogP contribution in [0.3, 0.4) is 0 Å². The fraction of sp³-hybridized carbons (Fsp3) is 0.303. The number of ether oxygens (including phenoxy) is 1. The zero-order valence-electron chi connectivity index (χ0n) is 23.0. The smallest absolute Gasteiger partial charge is 0.411 e. The lowest BCUT2D eigenvalue weighted by atomic mass is 9.95. The third kappa shape index (κ3) is 5.29. The molecule has 1 aromatic heterocycles. The normalized spacial score (nSPS) is 18.4. The van der Waals surface area contributed by atoms with Gasteiger partial charge >= 0.3 is 6.09 Å². The van der Waals surface area contributed by atoms with Crippen molar-refractivity contribution in [3.63, 3.8) is 0 Å². The molecule has 3 N–H and O–H groups in total. The van der Waals surface area contributed by atoms with E-state index in [1.165, 1.54) is 11.1 Å². The summed E-state index contributed by atoms with van der Waals surface area (Å²) >= 11 is 0. The van der Waals surface area contributed by atoms with Gasteiger partial charge in [-0.05, 0) is 54.0 Å². The van der Waals surface area contributed by atoms with Crippen LogP contribution in [0.5, 0.6) is 0 Å². The molecular formula is C33H35N5O2. The van der Waals surface area contributed by atoms with Crippen LogP contribution in [0.4, 0.5) is 16.3 Å². The summed E-state index contributed by atoms with van der Waals surface area (Å²) in [6.07, 6.45) is 3.50. The zero-order chi connectivity index (χ0) is 27.7. The van der Waals surface area contributed by atoms with E-state index in [1.807, 2.05) is 53.4 Å². The number of hydrogen-bond acceptors (Lipinski definition) is 6. The number of amides is 1. The molecule has 1 unspecified atom stereocenters. The third-order valence-corrected chi connectivity index (χ3v) is 8.08. The van der Waals surface area contributed by atoms with E-state index in [2.05, 4.69) is 65.5 Å². The van der Waals surface area contributed by atoms with E-state index >= 15 is 0 Å². The van der Waals surface area contributed by atoms with Gasteiger partial charge in [-0.25, -0.2) is 14.8 Å². The first-order chi connectivity index (χ1) is 19.4. The van der Waals surface area contributed by atoms with Crippen LogP contribution in [-0.4, -0.2) is 39.7 Å². The predicted molar refractivity (Wildman–Crippen MR) is 157 cm³/mol. The molecule has 2 heterocycles. The topological polar surface area (TPSA) is 93.4 Å². The van der Waals surface area contributed by atoms with Crippen molar-refractivity contribution in [2.24, 2.45) is 5.73 Å². The largest absolute Gasteiger partial charge is 0.443 e. The van der Waals surface area contributed by atoms with Gasteiger partial charge in [-0.2, -0.15) is 0 Å².